The molecule has 3 rings (SSSR count). The summed E-state index contributed by atoms with van der Waals surface area (Å²) in [5, 5.41) is 0.832. The summed E-state index contributed by atoms with van der Waals surface area (Å²) in [6, 6.07) is 8.58. The van der Waals surface area contributed by atoms with Gasteiger partial charge < -0.3 is 5.73 Å². The van der Waals surface area contributed by atoms with Crippen LogP contribution in [0.2, 0.25) is 0 Å². The van der Waals surface area contributed by atoms with E-state index >= 15 is 0 Å². The highest BCUT2D eigenvalue weighted by atomic mass is 32.1. The standard InChI is InChI=1S/C15H10F3NS/c16-9-3-4-12(18)11(6-9)15(19)14-5-8-1-2-10(17)7-13(8)20-14/h1-7,15H,19H2. The zero-order valence-corrected chi connectivity index (χ0v) is 11.1. The van der Waals surface area contributed by atoms with Crippen LogP contribution in [0.4, 0.5) is 13.2 Å². The summed E-state index contributed by atoms with van der Waals surface area (Å²) >= 11 is 1.27. The van der Waals surface area contributed by atoms with E-state index in [-0.39, 0.29) is 11.4 Å². The van der Waals surface area contributed by atoms with E-state index in [0.29, 0.717) is 4.88 Å². The number of rotatable bonds is 2. The molecule has 0 aliphatic carbocycles. The van der Waals surface area contributed by atoms with Gasteiger partial charge in [0.05, 0.1) is 6.04 Å². The lowest BCUT2D eigenvalue weighted by Gasteiger charge is -2.10. The van der Waals surface area contributed by atoms with E-state index in [1.807, 2.05) is 0 Å². The highest BCUT2D eigenvalue weighted by molar-refractivity contribution is 7.19. The summed E-state index contributed by atoms with van der Waals surface area (Å²) < 4.78 is 40.8. The van der Waals surface area contributed by atoms with Gasteiger partial charge >= 0.3 is 0 Å². The van der Waals surface area contributed by atoms with Gasteiger partial charge in [-0.05, 0) is 41.8 Å². The van der Waals surface area contributed by atoms with Crippen LogP contribution in [0.15, 0.2) is 42.5 Å². The lowest BCUT2D eigenvalue weighted by atomic mass is 10.0. The molecule has 0 amide bonds. The molecular formula is C15H10F3NS. The zero-order chi connectivity index (χ0) is 14.3. The molecule has 0 radical (unpaired) electrons. The average molecular weight is 293 g/mol. The highest BCUT2D eigenvalue weighted by Crippen LogP contribution is 2.33. The predicted molar refractivity (Wildman–Crippen MR) is 74.2 cm³/mol. The van der Waals surface area contributed by atoms with E-state index in [1.165, 1.54) is 23.5 Å². The number of nitrogens with two attached hydrogens (primary N) is 1. The first-order valence-electron chi connectivity index (χ1n) is 5.94. The third-order valence-electron chi connectivity index (χ3n) is 3.10. The molecule has 0 bridgehead atoms. The molecular weight excluding hydrogens is 283 g/mol. The molecule has 5 heteroatoms. The van der Waals surface area contributed by atoms with Crippen molar-refractivity contribution < 1.29 is 13.2 Å². The molecule has 1 atom stereocenters. The third kappa shape index (κ3) is 2.30. The average Bonchev–Trinajstić information content (AvgIpc) is 2.83. The first kappa shape index (κ1) is 13.1. The van der Waals surface area contributed by atoms with Crippen LogP contribution in [0, 0.1) is 17.5 Å². The van der Waals surface area contributed by atoms with Gasteiger partial charge in [0.25, 0.3) is 0 Å². The molecule has 3 aromatic rings. The van der Waals surface area contributed by atoms with E-state index in [4.69, 9.17) is 5.73 Å². The second-order valence-electron chi connectivity index (χ2n) is 4.47. The molecule has 20 heavy (non-hydrogen) atoms. The molecule has 0 saturated carbocycles. The number of benzene rings is 2. The van der Waals surface area contributed by atoms with Crippen LogP contribution < -0.4 is 5.73 Å². The topological polar surface area (TPSA) is 26.0 Å². The third-order valence-corrected chi connectivity index (χ3v) is 4.28. The van der Waals surface area contributed by atoms with Gasteiger partial charge in [0, 0.05) is 15.1 Å². The van der Waals surface area contributed by atoms with Crippen molar-refractivity contribution in [2.24, 2.45) is 5.73 Å². The summed E-state index contributed by atoms with van der Waals surface area (Å²) in [6.07, 6.45) is 0. The van der Waals surface area contributed by atoms with Gasteiger partial charge in [-0.2, -0.15) is 0 Å². The molecule has 0 spiro atoms. The van der Waals surface area contributed by atoms with Crippen molar-refractivity contribution in [2.75, 3.05) is 0 Å². The quantitative estimate of drug-likeness (QED) is 0.746. The van der Waals surface area contributed by atoms with Crippen LogP contribution in [0.3, 0.4) is 0 Å². The van der Waals surface area contributed by atoms with E-state index in [1.54, 1.807) is 12.1 Å². The van der Waals surface area contributed by atoms with Crippen LogP contribution in [0.5, 0.6) is 0 Å². The Morgan fingerprint density at radius 2 is 1.60 bits per heavy atom. The molecule has 0 aliphatic rings. The van der Waals surface area contributed by atoms with Crippen LogP contribution in [0.25, 0.3) is 10.1 Å². The van der Waals surface area contributed by atoms with Crippen molar-refractivity contribution in [3.8, 4) is 0 Å². The molecule has 0 aliphatic heterocycles. The zero-order valence-electron chi connectivity index (χ0n) is 10.2. The monoisotopic (exact) mass is 293 g/mol. The van der Waals surface area contributed by atoms with Crippen LogP contribution in [-0.2, 0) is 0 Å². The molecule has 102 valence electrons. The Balaban J connectivity index is 2.07. The van der Waals surface area contributed by atoms with E-state index in [9.17, 15) is 13.2 Å². The van der Waals surface area contributed by atoms with Gasteiger partial charge in [-0.3, -0.25) is 0 Å². The SMILES string of the molecule is NC(c1cc2ccc(F)cc2s1)c1cc(F)ccc1F. The lowest BCUT2D eigenvalue weighted by Crippen LogP contribution is -2.12. The Morgan fingerprint density at radius 1 is 0.900 bits per heavy atom. The Bertz CT molecular complexity index is 782. The second kappa shape index (κ2) is 4.92. The second-order valence-corrected chi connectivity index (χ2v) is 5.59. The Morgan fingerprint density at radius 3 is 2.40 bits per heavy atom. The molecule has 1 aromatic heterocycles. The molecule has 1 unspecified atom stereocenters. The first-order valence-corrected chi connectivity index (χ1v) is 6.76. The number of halogens is 3. The highest BCUT2D eigenvalue weighted by Gasteiger charge is 2.17. The molecule has 1 nitrogen and oxygen atoms in total. The van der Waals surface area contributed by atoms with Crippen LogP contribution in [0.1, 0.15) is 16.5 Å². The van der Waals surface area contributed by atoms with Crippen molar-refractivity contribution >= 4 is 21.4 Å². The van der Waals surface area contributed by atoms with Crippen molar-refractivity contribution in [2.45, 2.75) is 6.04 Å². The normalized spacial score (nSPS) is 12.8. The van der Waals surface area contributed by atoms with Gasteiger partial charge in [0.15, 0.2) is 0 Å². The smallest absolute Gasteiger partial charge is 0.128 e. The molecule has 0 saturated heterocycles. The summed E-state index contributed by atoms with van der Waals surface area (Å²) in [5.41, 5.74) is 6.09. The fraction of sp³-hybridized carbons (Fsp3) is 0.0667. The van der Waals surface area contributed by atoms with Crippen LogP contribution in [-0.4, -0.2) is 0 Å². The van der Waals surface area contributed by atoms with Crippen molar-refractivity contribution in [1.29, 1.82) is 0 Å². The first-order chi connectivity index (χ1) is 9.54. The maximum Gasteiger partial charge on any atom is 0.128 e. The minimum absolute atomic E-state index is 0.0945. The number of thiophene rings is 1. The maximum atomic E-state index is 13.7. The fourth-order valence-electron chi connectivity index (χ4n) is 2.08. The van der Waals surface area contributed by atoms with Crippen molar-refractivity contribution in [3.05, 3.63) is 70.4 Å². The number of hydrogen-bond acceptors (Lipinski definition) is 2. The van der Waals surface area contributed by atoms with Crippen LogP contribution >= 0.6 is 11.3 Å². The molecule has 0 fully saturated rings. The van der Waals surface area contributed by atoms with Gasteiger partial charge in [0.1, 0.15) is 17.5 Å². The Labute approximate surface area is 117 Å². The largest absolute Gasteiger partial charge is 0.320 e. The molecule has 2 aromatic carbocycles. The minimum Gasteiger partial charge on any atom is -0.320 e. The van der Waals surface area contributed by atoms with Gasteiger partial charge in [-0.15, -0.1) is 11.3 Å². The summed E-state index contributed by atoms with van der Waals surface area (Å²) in [7, 11) is 0. The maximum absolute atomic E-state index is 13.7. The van der Waals surface area contributed by atoms with Crippen molar-refractivity contribution in [1.82, 2.24) is 0 Å². The molecule has 1 heterocycles. The van der Waals surface area contributed by atoms with E-state index < -0.39 is 17.7 Å². The Hall–Kier alpha value is -1.85. The van der Waals surface area contributed by atoms with Crippen molar-refractivity contribution in [3.63, 3.8) is 0 Å². The number of fused-ring (bicyclic) bond motifs is 1. The van der Waals surface area contributed by atoms with Gasteiger partial charge in [0.2, 0.25) is 0 Å². The predicted octanol–water partition coefficient (Wildman–Crippen LogP) is 4.37. The summed E-state index contributed by atoms with van der Waals surface area (Å²) in [4.78, 5) is 0.662. The molecule has 2 N–H and O–H groups in total. The lowest BCUT2D eigenvalue weighted by molar-refractivity contribution is 0.578. The van der Waals surface area contributed by atoms with E-state index in [0.717, 1.165) is 28.3 Å². The number of hydrogen-bond donors (Lipinski definition) is 1. The van der Waals surface area contributed by atoms with Gasteiger partial charge in [-0.25, -0.2) is 13.2 Å². The van der Waals surface area contributed by atoms with E-state index in [2.05, 4.69) is 0 Å². The van der Waals surface area contributed by atoms with Gasteiger partial charge in [-0.1, -0.05) is 6.07 Å². The summed E-state index contributed by atoms with van der Waals surface area (Å²) in [5.74, 6) is -1.43. The minimum atomic E-state index is -0.772. The summed E-state index contributed by atoms with van der Waals surface area (Å²) in [6.45, 7) is 0. The Kier molecular flexibility index (Phi) is 3.23. The fourth-order valence-corrected chi connectivity index (χ4v) is 3.20.